The van der Waals surface area contributed by atoms with Gasteiger partial charge in [-0.25, -0.2) is 9.37 Å². The van der Waals surface area contributed by atoms with Crippen LogP contribution in [-0.2, 0) is 22.7 Å². The lowest BCUT2D eigenvalue weighted by molar-refractivity contribution is -0.524. The zero-order valence-electron chi connectivity index (χ0n) is 19.1. The molecule has 1 saturated heterocycles. The molecule has 8 nitrogen and oxygen atoms in total. The Hall–Kier alpha value is -3.65. The molecule has 1 atom stereocenters. The lowest BCUT2D eigenvalue weighted by Crippen LogP contribution is -2.61. The van der Waals surface area contributed by atoms with Gasteiger partial charge in [0.2, 0.25) is 0 Å². The van der Waals surface area contributed by atoms with Crippen molar-refractivity contribution in [1.82, 2.24) is 14.7 Å². The molecule has 0 aromatic heterocycles. The minimum atomic E-state index is -0.771. The Labute approximate surface area is 193 Å². The second-order valence-electron chi connectivity index (χ2n) is 8.47. The lowest BCUT2D eigenvalue weighted by Gasteiger charge is -2.30. The number of fused-ring (bicyclic) bond motifs is 1. The zero-order valence-corrected chi connectivity index (χ0v) is 19.1. The van der Waals surface area contributed by atoms with E-state index in [1.54, 1.807) is 11.6 Å². The second kappa shape index (κ2) is 9.46. The molecular formula is C25H28N5O3+. The molecule has 3 amide bonds. The first-order valence-corrected chi connectivity index (χ1v) is 10.9. The first-order chi connectivity index (χ1) is 15.8. The van der Waals surface area contributed by atoms with E-state index in [1.165, 1.54) is 18.9 Å². The van der Waals surface area contributed by atoms with Gasteiger partial charge >= 0.3 is 11.9 Å². The number of carbonyl (C=O) groups excluding carboxylic acids is 3. The Morgan fingerprint density at radius 2 is 1.45 bits per heavy atom. The van der Waals surface area contributed by atoms with Crippen LogP contribution in [0.5, 0.6) is 0 Å². The Morgan fingerprint density at radius 3 is 1.97 bits per heavy atom. The predicted molar refractivity (Wildman–Crippen MR) is 125 cm³/mol. The van der Waals surface area contributed by atoms with Crippen LogP contribution in [0.3, 0.4) is 0 Å². The highest BCUT2D eigenvalue weighted by molar-refractivity contribution is 6.23. The van der Waals surface area contributed by atoms with E-state index in [-0.39, 0.29) is 18.2 Å². The lowest BCUT2D eigenvalue weighted by atomic mass is 10.1. The number of amides is 3. The molecule has 2 heterocycles. The molecule has 170 valence electrons. The van der Waals surface area contributed by atoms with Crippen LogP contribution in [-0.4, -0.2) is 81.9 Å². The van der Waals surface area contributed by atoms with Gasteiger partial charge in [0.05, 0.1) is 0 Å². The third-order valence-electron chi connectivity index (χ3n) is 5.87. The van der Waals surface area contributed by atoms with Crippen molar-refractivity contribution in [2.75, 3.05) is 27.2 Å². The topological polar surface area (TPSA) is 76.3 Å². The molecule has 0 N–H and O–H groups in total. The van der Waals surface area contributed by atoms with Crippen molar-refractivity contribution < 1.29 is 19.0 Å². The van der Waals surface area contributed by atoms with Crippen molar-refractivity contribution in [2.24, 2.45) is 4.99 Å². The van der Waals surface area contributed by atoms with Crippen LogP contribution in [0.1, 0.15) is 18.1 Å². The van der Waals surface area contributed by atoms with Crippen LogP contribution in [0.15, 0.2) is 65.7 Å². The molecule has 8 heteroatoms. The SMILES string of the molecule is CC(=O)C[N+]1=C(CN(Cc2ccccc2)Cc2ccccc2)N=C2C1C(=O)N(C)C(=O)N2C. The number of urea groups is 1. The van der Waals surface area contributed by atoms with Gasteiger partial charge in [-0.05, 0) is 23.0 Å². The maximum Gasteiger partial charge on any atom is 0.333 e. The molecular weight excluding hydrogens is 418 g/mol. The van der Waals surface area contributed by atoms with E-state index < -0.39 is 12.1 Å². The van der Waals surface area contributed by atoms with Crippen molar-refractivity contribution in [2.45, 2.75) is 26.1 Å². The van der Waals surface area contributed by atoms with E-state index >= 15 is 0 Å². The van der Waals surface area contributed by atoms with E-state index in [0.29, 0.717) is 31.3 Å². The normalized spacial score (nSPS) is 18.2. The van der Waals surface area contributed by atoms with Crippen LogP contribution < -0.4 is 0 Å². The minimum Gasteiger partial charge on any atom is -0.296 e. The fraction of sp³-hybridized carbons (Fsp3) is 0.320. The van der Waals surface area contributed by atoms with E-state index in [2.05, 4.69) is 29.2 Å². The summed E-state index contributed by atoms with van der Waals surface area (Å²) in [6, 6.07) is 19.1. The number of ketones is 1. The number of nitrogens with zero attached hydrogens (tertiary/aromatic N) is 5. The summed E-state index contributed by atoms with van der Waals surface area (Å²) in [5.74, 6) is 0.543. The third kappa shape index (κ3) is 4.75. The van der Waals surface area contributed by atoms with E-state index in [4.69, 9.17) is 4.99 Å². The number of imide groups is 1. The first-order valence-electron chi connectivity index (χ1n) is 10.9. The maximum absolute atomic E-state index is 13.0. The number of rotatable bonds is 8. The molecule has 1 fully saturated rings. The molecule has 4 rings (SSSR count). The van der Waals surface area contributed by atoms with Gasteiger partial charge in [-0.1, -0.05) is 60.7 Å². The Kier molecular flexibility index (Phi) is 6.46. The Bertz CT molecular complexity index is 1090. The van der Waals surface area contributed by atoms with Crippen LogP contribution >= 0.6 is 0 Å². The van der Waals surface area contributed by atoms with Crippen molar-refractivity contribution in [1.29, 1.82) is 0 Å². The van der Waals surface area contributed by atoms with Gasteiger partial charge in [-0.15, -0.1) is 0 Å². The summed E-state index contributed by atoms with van der Waals surface area (Å²) < 4.78 is 1.74. The average molecular weight is 447 g/mol. The number of likely N-dealkylation sites (N-methyl/N-ethyl adjacent to an activating group) is 2. The van der Waals surface area contributed by atoms with Gasteiger partial charge < -0.3 is 0 Å². The summed E-state index contributed by atoms with van der Waals surface area (Å²) in [6.07, 6.45) is 0. The average Bonchev–Trinajstić information content (AvgIpc) is 3.15. The fourth-order valence-corrected chi connectivity index (χ4v) is 4.25. The first kappa shape index (κ1) is 22.5. The number of hydrogen-bond acceptors (Lipinski definition) is 5. The smallest absolute Gasteiger partial charge is 0.296 e. The number of Topliss-reactive ketones (excluding diaryl/α,β-unsaturated/α-hetero) is 1. The third-order valence-corrected chi connectivity index (χ3v) is 5.87. The fourth-order valence-electron chi connectivity index (χ4n) is 4.25. The van der Waals surface area contributed by atoms with Crippen molar-refractivity contribution in [3.63, 3.8) is 0 Å². The summed E-state index contributed by atoms with van der Waals surface area (Å²) >= 11 is 0. The molecule has 0 saturated carbocycles. The number of hydrogen-bond donors (Lipinski definition) is 0. The number of aliphatic imine (C=N–C) groups is 1. The molecule has 0 spiro atoms. The Balaban J connectivity index is 1.69. The molecule has 2 aliphatic rings. The summed E-state index contributed by atoms with van der Waals surface area (Å²) in [4.78, 5) is 47.0. The van der Waals surface area contributed by atoms with Crippen molar-refractivity contribution in [3.8, 4) is 0 Å². The number of amidine groups is 2. The summed E-state index contributed by atoms with van der Waals surface area (Å²) in [5, 5.41) is 0. The standard InChI is InChI=1S/C25H28N5O3/c1-18(31)14-30-21(26-23-22(30)24(32)28(3)25(33)27(23)2)17-29(15-19-10-6-4-7-11-19)16-20-12-8-5-9-13-20/h4-13,22H,14-17H2,1-3H3/q+1. The van der Waals surface area contributed by atoms with E-state index in [9.17, 15) is 14.4 Å². The molecule has 0 aliphatic carbocycles. The molecule has 2 aromatic rings. The van der Waals surface area contributed by atoms with Gasteiger partial charge in [-0.3, -0.25) is 24.3 Å². The summed E-state index contributed by atoms with van der Waals surface area (Å²) in [6.45, 7) is 3.32. The van der Waals surface area contributed by atoms with Gasteiger partial charge in [0, 0.05) is 27.2 Å². The summed E-state index contributed by atoms with van der Waals surface area (Å²) in [7, 11) is 3.07. The molecule has 0 bridgehead atoms. The highest BCUT2D eigenvalue weighted by Gasteiger charge is 2.53. The molecule has 2 aliphatic heterocycles. The highest BCUT2D eigenvalue weighted by Crippen LogP contribution is 2.20. The largest absolute Gasteiger partial charge is 0.333 e. The van der Waals surface area contributed by atoms with E-state index in [0.717, 1.165) is 16.0 Å². The molecule has 0 radical (unpaired) electrons. The van der Waals surface area contributed by atoms with Crippen LogP contribution in [0.25, 0.3) is 0 Å². The Morgan fingerprint density at radius 1 is 0.909 bits per heavy atom. The van der Waals surface area contributed by atoms with E-state index in [1.807, 2.05) is 36.4 Å². The quantitative estimate of drug-likeness (QED) is 0.581. The molecule has 2 aromatic carbocycles. The maximum atomic E-state index is 13.0. The van der Waals surface area contributed by atoms with Crippen molar-refractivity contribution >= 4 is 29.4 Å². The van der Waals surface area contributed by atoms with Gasteiger partial charge in [0.25, 0.3) is 17.8 Å². The summed E-state index contributed by atoms with van der Waals surface area (Å²) in [5.41, 5.74) is 2.30. The molecule has 33 heavy (non-hydrogen) atoms. The molecule has 1 unspecified atom stereocenters. The predicted octanol–water partition coefficient (Wildman–Crippen LogP) is 1.99. The van der Waals surface area contributed by atoms with Crippen LogP contribution in [0.4, 0.5) is 4.79 Å². The number of benzene rings is 2. The zero-order chi connectivity index (χ0) is 23.5. The minimum absolute atomic E-state index is 0.0547. The van der Waals surface area contributed by atoms with Crippen LogP contribution in [0.2, 0.25) is 0 Å². The van der Waals surface area contributed by atoms with Crippen molar-refractivity contribution in [3.05, 3.63) is 71.8 Å². The van der Waals surface area contributed by atoms with Crippen LogP contribution in [0, 0.1) is 0 Å². The van der Waals surface area contributed by atoms with Gasteiger partial charge in [0.1, 0.15) is 13.1 Å². The van der Waals surface area contributed by atoms with Gasteiger partial charge in [-0.2, -0.15) is 0 Å². The monoisotopic (exact) mass is 446 g/mol. The highest BCUT2D eigenvalue weighted by atomic mass is 16.2. The van der Waals surface area contributed by atoms with Gasteiger partial charge in [0.15, 0.2) is 5.78 Å². The number of carbonyl (C=O) groups is 3. The second-order valence-corrected chi connectivity index (χ2v) is 8.47.